The first kappa shape index (κ1) is 13.8. The van der Waals surface area contributed by atoms with Gasteiger partial charge in [0.1, 0.15) is 18.5 Å². The first-order valence-corrected chi connectivity index (χ1v) is 6.67. The Labute approximate surface area is 119 Å². The van der Waals surface area contributed by atoms with E-state index < -0.39 is 11.7 Å². The summed E-state index contributed by atoms with van der Waals surface area (Å²) < 4.78 is 40.9. The molecular weight excluding hydrogens is 283 g/mol. The molecule has 0 bridgehead atoms. The molecule has 0 saturated carbocycles. The minimum atomic E-state index is -4.40. The van der Waals surface area contributed by atoms with Gasteiger partial charge in [-0.15, -0.1) is 0 Å². The van der Waals surface area contributed by atoms with Crippen LogP contribution in [0.2, 0.25) is 0 Å². The van der Waals surface area contributed by atoms with Crippen molar-refractivity contribution in [1.82, 2.24) is 19.7 Å². The summed E-state index contributed by atoms with van der Waals surface area (Å²) in [6.07, 6.45) is 1.68. The van der Waals surface area contributed by atoms with Crippen LogP contribution >= 0.6 is 0 Å². The van der Waals surface area contributed by atoms with Crippen LogP contribution in [-0.2, 0) is 6.18 Å². The van der Waals surface area contributed by atoms with E-state index in [-0.39, 0.29) is 11.9 Å². The quantitative estimate of drug-likeness (QED) is 0.854. The number of alkyl halides is 3. The van der Waals surface area contributed by atoms with E-state index in [0.29, 0.717) is 13.1 Å². The Kier molecular flexibility index (Phi) is 3.52. The Balaban J connectivity index is 1.87. The Bertz CT molecular complexity index is 596. The van der Waals surface area contributed by atoms with Gasteiger partial charge in [-0.05, 0) is 25.0 Å². The molecule has 21 heavy (non-hydrogen) atoms. The largest absolute Gasteiger partial charge is 0.419 e. The highest BCUT2D eigenvalue weighted by atomic mass is 19.4. The van der Waals surface area contributed by atoms with Gasteiger partial charge in [-0.25, -0.2) is 14.6 Å². The van der Waals surface area contributed by atoms with Crippen molar-refractivity contribution in [3.05, 3.63) is 36.5 Å². The normalized spacial score (nSPS) is 19.8. The van der Waals surface area contributed by atoms with E-state index in [1.807, 2.05) is 0 Å². The van der Waals surface area contributed by atoms with Crippen molar-refractivity contribution in [2.75, 3.05) is 18.0 Å². The molecular formula is C13H14F3N5. The summed E-state index contributed by atoms with van der Waals surface area (Å²) in [5, 5.41) is 4.08. The minimum absolute atomic E-state index is 0.00480. The van der Waals surface area contributed by atoms with E-state index in [1.54, 1.807) is 15.9 Å². The molecule has 0 aliphatic carbocycles. The van der Waals surface area contributed by atoms with Gasteiger partial charge in [0.15, 0.2) is 0 Å². The summed E-state index contributed by atoms with van der Waals surface area (Å²) >= 11 is 0. The lowest BCUT2D eigenvalue weighted by atomic mass is 10.1. The molecule has 5 nitrogen and oxygen atoms in total. The van der Waals surface area contributed by atoms with Crippen LogP contribution < -0.4 is 4.90 Å². The molecule has 3 heterocycles. The number of rotatable bonds is 2. The topological polar surface area (TPSA) is 46.8 Å². The predicted octanol–water partition coefficient (Wildman–Crippen LogP) is 2.53. The summed E-state index contributed by atoms with van der Waals surface area (Å²) in [6, 6.07) is 2.40. The zero-order valence-electron chi connectivity index (χ0n) is 11.2. The number of piperidine rings is 1. The average Bonchev–Trinajstić information content (AvgIpc) is 3.01. The van der Waals surface area contributed by atoms with E-state index in [2.05, 4.69) is 15.1 Å². The molecule has 1 unspecified atom stereocenters. The fourth-order valence-electron chi connectivity index (χ4n) is 2.64. The fraction of sp³-hybridized carbons (Fsp3) is 0.462. The zero-order chi connectivity index (χ0) is 14.9. The molecule has 2 aromatic heterocycles. The maximum Gasteiger partial charge on any atom is 0.419 e. The van der Waals surface area contributed by atoms with E-state index in [0.717, 1.165) is 18.9 Å². The van der Waals surface area contributed by atoms with Crippen LogP contribution in [-0.4, -0.2) is 32.8 Å². The molecule has 1 fully saturated rings. The second kappa shape index (κ2) is 5.34. The lowest BCUT2D eigenvalue weighted by Crippen LogP contribution is -2.38. The van der Waals surface area contributed by atoms with Gasteiger partial charge < -0.3 is 4.90 Å². The Morgan fingerprint density at radius 1 is 1.29 bits per heavy atom. The first-order chi connectivity index (χ1) is 10.1. The molecule has 0 radical (unpaired) electrons. The molecule has 0 amide bonds. The summed E-state index contributed by atoms with van der Waals surface area (Å²) in [6.45, 7) is 1.01. The molecule has 0 N–H and O–H groups in total. The SMILES string of the molecule is FC(F)(F)c1cccnc1N1CCCC(n2cncn2)C1. The Morgan fingerprint density at radius 2 is 2.14 bits per heavy atom. The molecule has 0 aromatic carbocycles. The van der Waals surface area contributed by atoms with Gasteiger partial charge >= 0.3 is 6.18 Å². The highest BCUT2D eigenvalue weighted by molar-refractivity contribution is 5.48. The van der Waals surface area contributed by atoms with Gasteiger partial charge in [-0.3, -0.25) is 0 Å². The molecule has 2 aromatic rings. The molecule has 0 spiro atoms. The summed E-state index contributed by atoms with van der Waals surface area (Å²) in [5.74, 6) is -0.00480. The average molecular weight is 297 g/mol. The van der Waals surface area contributed by atoms with Crippen LogP contribution in [0.3, 0.4) is 0 Å². The molecule has 1 saturated heterocycles. The predicted molar refractivity (Wildman–Crippen MR) is 69.7 cm³/mol. The number of pyridine rings is 1. The fourth-order valence-corrected chi connectivity index (χ4v) is 2.64. The maximum atomic E-state index is 13.1. The smallest absolute Gasteiger partial charge is 0.354 e. The van der Waals surface area contributed by atoms with Crippen LogP contribution in [0.25, 0.3) is 0 Å². The van der Waals surface area contributed by atoms with Gasteiger partial charge in [0.05, 0.1) is 11.6 Å². The Hall–Kier alpha value is -2.12. The van der Waals surface area contributed by atoms with Crippen LogP contribution in [0.5, 0.6) is 0 Å². The third-order valence-electron chi connectivity index (χ3n) is 3.60. The van der Waals surface area contributed by atoms with Crippen molar-refractivity contribution < 1.29 is 13.2 Å². The lowest BCUT2D eigenvalue weighted by Gasteiger charge is -2.34. The zero-order valence-corrected chi connectivity index (χ0v) is 11.2. The van der Waals surface area contributed by atoms with Crippen LogP contribution in [0, 0.1) is 0 Å². The molecule has 1 aliphatic rings. The van der Waals surface area contributed by atoms with Crippen molar-refractivity contribution in [2.24, 2.45) is 0 Å². The third-order valence-corrected chi connectivity index (χ3v) is 3.60. The first-order valence-electron chi connectivity index (χ1n) is 6.67. The number of halogens is 3. The second-order valence-electron chi connectivity index (χ2n) is 4.99. The van der Waals surface area contributed by atoms with E-state index in [4.69, 9.17) is 0 Å². The molecule has 1 atom stereocenters. The standard InChI is InChI=1S/C13H14F3N5/c14-13(15,16)11-4-1-5-18-12(11)20-6-2-3-10(7-20)21-9-17-8-19-21/h1,4-5,8-10H,2-3,6-7H2. The molecule has 1 aliphatic heterocycles. The number of aromatic nitrogens is 4. The van der Waals surface area contributed by atoms with E-state index in [1.165, 1.54) is 18.6 Å². The molecule has 3 rings (SSSR count). The highest BCUT2D eigenvalue weighted by Crippen LogP contribution is 2.36. The van der Waals surface area contributed by atoms with Crippen LogP contribution in [0.15, 0.2) is 31.0 Å². The van der Waals surface area contributed by atoms with Gasteiger partial charge in [-0.1, -0.05) is 0 Å². The third kappa shape index (κ3) is 2.84. The van der Waals surface area contributed by atoms with E-state index >= 15 is 0 Å². The number of hydrogen-bond acceptors (Lipinski definition) is 4. The summed E-state index contributed by atoms with van der Waals surface area (Å²) in [7, 11) is 0. The van der Waals surface area contributed by atoms with Gasteiger partial charge in [-0.2, -0.15) is 18.3 Å². The maximum absolute atomic E-state index is 13.1. The van der Waals surface area contributed by atoms with Gasteiger partial charge in [0, 0.05) is 19.3 Å². The highest BCUT2D eigenvalue weighted by Gasteiger charge is 2.36. The summed E-state index contributed by atoms with van der Waals surface area (Å²) in [5.41, 5.74) is -0.691. The van der Waals surface area contributed by atoms with Crippen molar-refractivity contribution in [3.8, 4) is 0 Å². The second-order valence-corrected chi connectivity index (χ2v) is 4.99. The van der Waals surface area contributed by atoms with Crippen molar-refractivity contribution in [2.45, 2.75) is 25.1 Å². The van der Waals surface area contributed by atoms with Crippen molar-refractivity contribution >= 4 is 5.82 Å². The minimum Gasteiger partial charge on any atom is -0.354 e. The van der Waals surface area contributed by atoms with Crippen LogP contribution in [0.1, 0.15) is 24.4 Å². The summed E-state index contributed by atoms with van der Waals surface area (Å²) in [4.78, 5) is 9.51. The van der Waals surface area contributed by atoms with Gasteiger partial charge in [0.25, 0.3) is 0 Å². The van der Waals surface area contributed by atoms with Gasteiger partial charge in [0.2, 0.25) is 0 Å². The van der Waals surface area contributed by atoms with E-state index in [9.17, 15) is 13.2 Å². The van der Waals surface area contributed by atoms with Crippen LogP contribution in [0.4, 0.5) is 19.0 Å². The molecule has 112 valence electrons. The number of hydrogen-bond donors (Lipinski definition) is 0. The number of anilines is 1. The number of nitrogens with zero attached hydrogens (tertiary/aromatic N) is 5. The Morgan fingerprint density at radius 3 is 2.86 bits per heavy atom. The molecule has 8 heteroatoms. The lowest BCUT2D eigenvalue weighted by molar-refractivity contribution is -0.137. The van der Waals surface area contributed by atoms with Crippen molar-refractivity contribution in [3.63, 3.8) is 0 Å². The monoisotopic (exact) mass is 297 g/mol. The van der Waals surface area contributed by atoms with Crippen molar-refractivity contribution in [1.29, 1.82) is 0 Å².